The zero-order valence-electron chi connectivity index (χ0n) is 24.1. The van der Waals surface area contributed by atoms with E-state index in [4.69, 9.17) is 4.74 Å². The van der Waals surface area contributed by atoms with Gasteiger partial charge in [-0.1, -0.05) is 78.6 Å². The molecule has 0 radical (unpaired) electrons. The fraction of sp³-hybridized carbons (Fsp3) is 0.875. The van der Waals surface area contributed by atoms with Crippen LogP contribution < -0.4 is 0 Å². The number of esters is 1. The molecule has 0 heterocycles. The number of carbonyl (C=O) groups excluding carboxylic acids is 2. The number of ketones is 1. The lowest BCUT2D eigenvalue weighted by Gasteiger charge is -2.73. The second-order valence-corrected chi connectivity index (χ2v) is 19.0. The van der Waals surface area contributed by atoms with Crippen molar-refractivity contribution in [3.63, 3.8) is 0 Å². The topological polar surface area (TPSA) is 43.4 Å². The summed E-state index contributed by atoms with van der Waals surface area (Å²) in [5.41, 5.74) is 1.63. The van der Waals surface area contributed by atoms with E-state index >= 15 is 0 Å². The summed E-state index contributed by atoms with van der Waals surface area (Å²) >= 11 is 7.72. The van der Waals surface area contributed by atoms with Crippen LogP contribution in [0.25, 0.3) is 0 Å². The Morgan fingerprint density at radius 3 is 2.22 bits per heavy atom. The molecule has 5 rings (SSSR count). The first-order chi connectivity index (χ1) is 17.0. The monoisotopic (exact) mass is 638 g/mol. The second kappa shape index (κ2) is 8.67. The third-order valence-corrected chi connectivity index (χ3v) is 14.7. The summed E-state index contributed by atoms with van der Waals surface area (Å²) in [4.78, 5) is 25.4. The first-order valence-electron chi connectivity index (χ1n) is 14.7. The predicted molar refractivity (Wildman–Crippen MR) is 157 cm³/mol. The van der Waals surface area contributed by atoms with Crippen LogP contribution in [0.5, 0.6) is 0 Å². The molecule has 5 aliphatic rings. The molecular weight excluding hydrogens is 592 g/mol. The highest BCUT2D eigenvalue weighted by atomic mass is 79.9. The van der Waals surface area contributed by atoms with E-state index in [0.717, 1.165) is 25.7 Å². The number of halogens is 2. The van der Waals surface area contributed by atoms with Crippen LogP contribution in [0.4, 0.5) is 0 Å². The summed E-state index contributed by atoms with van der Waals surface area (Å²) in [7, 11) is 0. The van der Waals surface area contributed by atoms with E-state index < -0.39 is 3.23 Å². The van der Waals surface area contributed by atoms with E-state index in [9.17, 15) is 9.59 Å². The van der Waals surface area contributed by atoms with Crippen molar-refractivity contribution in [2.45, 2.75) is 109 Å². The first-order valence-corrected chi connectivity index (χ1v) is 16.3. The summed E-state index contributed by atoms with van der Waals surface area (Å²) in [6.45, 7) is 21.0. The van der Waals surface area contributed by atoms with Crippen LogP contribution in [-0.2, 0) is 14.3 Å². The lowest BCUT2D eigenvalue weighted by Crippen LogP contribution is -2.68. The van der Waals surface area contributed by atoms with Crippen LogP contribution in [0, 0.1) is 56.7 Å². The molecule has 0 N–H and O–H groups in total. The Bertz CT molecular complexity index is 1020. The molecule has 0 aromatic rings. The third kappa shape index (κ3) is 3.73. The smallest absolute Gasteiger partial charge is 0.302 e. The summed E-state index contributed by atoms with van der Waals surface area (Å²) in [5, 5.41) is 0. The minimum atomic E-state index is -0.632. The molecule has 5 saturated carbocycles. The molecule has 5 heteroatoms. The van der Waals surface area contributed by atoms with Crippen LogP contribution in [-0.4, -0.2) is 21.6 Å². The fourth-order valence-corrected chi connectivity index (χ4v) is 14.0. The number of rotatable bonds is 3. The van der Waals surface area contributed by atoms with Crippen molar-refractivity contribution in [2.75, 3.05) is 6.61 Å². The molecule has 5 fully saturated rings. The zero-order valence-corrected chi connectivity index (χ0v) is 27.3. The van der Waals surface area contributed by atoms with Gasteiger partial charge < -0.3 is 4.74 Å². The summed E-state index contributed by atoms with van der Waals surface area (Å²) < 4.78 is 5.16. The van der Waals surface area contributed by atoms with Gasteiger partial charge in [-0.15, -0.1) is 0 Å². The van der Waals surface area contributed by atoms with Gasteiger partial charge in [-0.05, 0) is 111 Å². The molecule has 0 unspecified atom stereocenters. The predicted octanol–water partition coefficient (Wildman–Crippen LogP) is 8.87. The number of allylic oxidation sites excluding steroid dienone is 1. The van der Waals surface area contributed by atoms with Gasteiger partial charge in [0.1, 0.15) is 3.23 Å². The number of hydrogen-bond donors (Lipinski definition) is 0. The van der Waals surface area contributed by atoms with Gasteiger partial charge >= 0.3 is 5.97 Å². The van der Waals surface area contributed by atoms with Crippen molar-refractivity contribution in [1.82, 2.24) is 0 Å². The summed E-state index contributed by atoms with van der Waals surface area (Å²) in [6.07, 6.45) is 10.4. The Labute approximate surface area is 242 Å². The molecule has 0 aliphatic heterocycles. The average Bonchev–Trinajstić information content (AvgIpc) is 3.17. The minimum absolute atomic E-state index is 0.0983. The summed E-state index contributed by atoms with van der Waals surface area (Å²) in [5.74, 6) is 2.86. The molecule has 0 aromatic carbocycles. The normalized spacial score (nSPS) is 49.8. The lowest BCUT2D eigenvalue weighted by atomic mass is 9.32. The van der Waals surface area contributed by atoms with E-state index in [1.54, 1.807) is 6.92 Å². The number of ether oxygens (including phenoxy) is 1. The molecule has 37 heavy (non-hydrogen) atoms. The van der Waals surface area contributed by atoms with Crippen molar-refractivity contribution in [3.8, 4) is 0 Å². The van der Waals surface area contributed by atoms with Gasteiger partial charge in [0, 0.05) is 17.8 Å². The molecule has 0 aromatic heterocycles. The standard InChI is InChI=1S/C32H48Br2O3/c1-19(2)21-11-14-31(18-37-20(3)35)16-15-29(7)22(25(21)31)9-10-24-28(6)17-32(33,34)26(36)27(4,5)23(28)12-13-30(24,29)8/h21-25H,1,9-18H2,2-8H3/t21-,22+,23-,24+,25+,28-,29+,30+,31+/m0/s1. The van der Waals surface area contributed by atoms with Crippen LogP contribution in [0.3, 0.4) is 0 Å². The molecule has 0 bridgehead atoms. The molecule has 0 amide bonds. The maximum atomic E-state index is 13.5. The SMILES string of the molecule is C=C(C)[C@@H]1CC[C@]2(COC(C)=O)CC[C@]3(C)[C@H](CC[C@@H]4[C@@]5(C)CC(Br)(Br)C(=O)C(C)(C)[C@@H]5CC[C@]43C)[C@@H]12. The maximum absolute atomic E-state index is 13.5. The largest absolute Gasteiger partial charge is 0.465 e. The van der Waals surface area contributed by atoms with Crippen LogP contribution in [0.2, 0.25) is 0 Å². The second-order valence-electron chi connectivity index (χ2n) is 15.3. The van der Waals surface area contributed by atoms with Gasteiger partial charge in [-0.25, -0.2) is 0 Å². The lowest BCUT2D eigenvalue weighted by molar-refractivity contribution is -0.236. The minimum Gasteiger partial charge on any atom is -0.465 e. The number of alkyl halides is 2. The van der Waals surface area contributed by atoms with Crippen molar-refractivity contribution < 1.29 is 14.3 Å². The Morgan fingerprint density at radius 1 is 0.919 bits per heavy atom. The van der Waals surface area contributed by atoms with Crippen LogP contribution in [0.1, 0.15) is 106 Å². The van der Waals surface area contributed by atoms with Gasteiger partial charge in [0.05, 0.1) is 6.61 Å². The van der Waals surface area contributed by atoms with E-state index in [2.05, 4.69) is 80.0 Å². The van der Waals surface area contributed by atoms with Gasteiger partial charge in [0.2, 0.25) is 0 Å². The van der Waals surface area contributed by atoms with Crippen molar-refractivity contribution in [1.29, 1.82) is 0 Å². The zero-order chi connectivity index (χ0) is 27.4. The van der Waals surface area contributed by atoms with Gasteiger partial charge in [0.15, 0.2) is 5.78 Å². The van der Waals surface area contributed by atoms with Gasteiger partial charge in [-0.3, -0.25) is 9.59 Å². The molecule has 3 nitrogen and oxygen atoms in total. The fourth-order valence-electron chi connectivity index (χ4n) is 11.8. The van der Waals surface area contributed by atoms with Gasteiger partial charge in [0.25, 0.3) is 0 Å². The van der Waals surface area contributed by atoms with E-state index in [1.165, 1.54) is 37.7 Å². The molecule has 208 valence electrons. The molecule has 0 saturated heterocycles. The van der Waals surface area contributed by atoms with Crippen molar-refractivity contribution in [3.05, 3.63) is 12.2 Å². The van der Waals surface area contributed by atoms with Crippen molar-refractivity contribution >= 4 is 43.6 Å². The number of hydrogen-bond acceptors (Lipinski definition) is 3. The Hall–Kier alpha value is -0.160. The van der Waals surface area contributed by atoms with E-state index in [1.807, 2.05) is 0 Å². The van der Waals surface area contributed by atoms with Crippen LogP contribution >= 0.6 is 31.9 Å². The highest BCUT2D eigenvalue weighted by molar-refractivity contribution is 9.25. The van der Waals surface area contributed by atoms with E-state index in [-0.39, 0.29) is 33.0 Å². The first kappa shape index (κ1) is 28.4. The third-order valence-electron chi connectivity index (χ3n) is 13.5. The molecule has 9 atom stereocenters. The Morgan fingerprint density at radius 2 is 1.59 bits per heavy atom. The Balaban J connectivity index is 1.56. The molecule has 0 spiro atoms. The number of Topliss-reactive ketones (excluding diaryl/α,β-unsaturated/α-hetero) is 1. The molecule has 5 aliphatic carbocycles. The van der Waals surface area contributed by atoms with Crippen LogP contribution in [0.15, 0.2) is 12.2 Å². The highest BCUT2D eigenvalue weighted by Crippen LogP contribution is 2.78. The maximum Gasteiger partial charge on any atom is 0.302 e. The van der Waals surface area contributed by atoms with E-state index in [0.29, 0.717) is 42.0 Å². The quantitative estimate of drug-likeness (QED) is 0.176. The summed E-state index contributed by atoms with van der Waals surface area (Å²) in [6, 6.07) is 0. The van der Waals surface area contributed by atoms with Crippen molar-refractivity contribution in [2.24, 2.45) is 56.7 Å². The Kier molecular flexibility index (Phi) is 6.65. The molecular formula is C32H48Br2O3. The van der Waals surface area contributed by atoms with Gasteiger partial charge in [-0.2, -0.15) is 0 Å². The highest BCUT2D eigenvalue weighted by Gasteiger charge is 2.72. The average molecular weight is 641 g/mol. The number of carbonyl (C=O) groups is 2. The number of fused-ring (bicyclic) bond motifs is 7.